The van der Waals surface area contributed by atoms with Crippen LogP contribution in [0.5, 0.6) is 5.75 Å². The van der Waals surface area contributed by atoms with Crippen molar-refractivity contribution >= 4 is 5.97 Å². The monoisotopic (exact) mass is 407 g/mol. The van der Waals surface area contributed by atoms with E-state index in [4.69, 9.17) is 9.47 Å². The minimum Gasteiger partial charge on any atom is -0.492 e. The fourth-order valence-corrected chi connectivity index (χ4v) is 3.40. The van der Waals surface area contributed by atoms with E-state index in [1.54, 1.807) is 0 Å². The molecule has 0 aliphatic carbocycles. The van der Waals surface area contributed by atoms with Gasteiger partial charge < -0.3 is 19.1 Å². The van der Waals surface area contributed by atoms with E-state index in [9.17, 15) is 9.90 Å². The molecule has 0 bridgehead atoms. The zero-order valence-electron chi connectivity index (χ0n) is 17.6. The highest BCUT2D eigenvalue weighted by Gasteiger charge is 2.18. The molecule has 1 N–H and O–H groups in total. The van der Waals surface area contributed by atoms with E-state index < -0.39 is 12.1 Å². The topological polar surface area (TPSA) is 60.7 Å². The van der Waals surface area contributed by atoms with Crippen molar-refractivity contribution in [3.05, 3.63) is 78.0 Å². The molecule has 0 aliphatic rings. The SMILES string of the molecule is CCCOC(Cc1ccc(OCCn2c(C)ccc2-c2ccccc2)cc1)C(=O)O. The summed E-state index contributed by atoms with van der Waals surface area (Å²) >= 11 is 0. The van der Waals surface area contributed by atoms with Gasteiger partial charge in [0.25, 0.3) is 0 Å². The number of rotatable bonds is 11. The van der Waals surface area contributed by atoms with Crippen LogP contribution in [0.25, 0.3) is 11.3 Å². The first-order valence-corrected chi connectivity index (χ1v) is 10.4. The van der Waals surface area contributed by atoms with E-state index in [0.29, 0.717) is 19.6 Å². The molecule has 0 amide bonds. The van der Waals surface area contributed by atoms with Crippen LogP contribution in [-0.2, 0) is 22.5 Å². The second-order valence-electron chi connectivity index (χ2n) is 7.27. The fraction of sp³-hybridized carbons (Fsp3) is 0.320. The van der Waals surface area contributed by atoms with Crippen LogP contribution in [0.4, 0.5) is 0 Å². The van der Waals surface area contributed by atoms with Crippen molar-refractivity contribution in [2.45, 2.75) is 39.3 Å². The molecule has 30 heavy (non-hydrogen) atoms. The summed E-state index contributed by atoms with van der Waals surface area (Å²) in [6.45, 7) is 5.80. The van der Waals surface area contributed by atoms with Gasteiger partial charge >= 0.3 is 5.97 Å². The average Bonchev–Trinajstić information content (AvgIpc) is 3.13. The number of carboxylic acids is 1. The molecule has 1 aromatic heterocycles. The number of benzene rings is 2. The highest BCUT2D eigenvalue weighted by atomic mass is 16.5. The predicted octanol–water partition coefficient (Wildman–Crippen LogP) is 4.96. The zero-order valence-corrected chi connectivity index (χ0v) is 17.6. The van der Waals surface area contributed by atoms with Gasteiger partial charge in [0.15, 0.2) is 6.10 Å². The van der Waals surface area contributed by atoms with Gasteiger partial charge in [0.1, 0.15) is 12.4 Å². The first kappa shape index (κ1) is 21.7. The summed E-state index contributed by atoms with van der Waals surface area (Å²) in [7, 11) is 0. The molecule has 0 saturated carbocycles. The van der Waals surface area contributed by atoms with E-state index in [2.05, 4.69) is 35.8 Å². The van der Waals surface area contributed by atoms with Gasteiger partial charge in [-0.25, -0.2) is 4.79 Å². The van der Waals surface area contributed by atoms with Crippen LogP contribution in [0, 0.1) is 6.92 Å². The van der Waals surface area contributed by atoms with Gasteiger partial charge in [0, 0.05) is 24.4 Å². The van der Waals surface area contributed by atoms with Crippen LogP contribution in [0.15, 0.2) is 66.7 Å². The van der Waals surface area contributed by atoms with Gasteiger partial charge in [-0.05, 0) is 48.7 Å². The maximum absolute atomic E-state index is 11.3. The third-order valence-electron chi connectivity index (χ3n) is 5.00. The lowest BCUT2D eigenvalue weighted by Gasteiger charge is -2.14. The molecule has 1 atom stereocenters. The molecule has 158 valence electrons. The summed E-state index contributed by atoms with van der Waals surface area (Å²) in [5.74, 6) is -0.161. The molecule has 0 aliphatic heterocycles. The number of hydrogen-bond donors (Lipinski definition) is 1. The largest absolute Gasteiger partial charge is 0.492 e. The number of carboxylic acid groups (broad SMARTS) is 1. The summed E-state index contributed by atoms with van der Waals surface area (Å²) in [6.07, 6.45) is 0.326. The van der Waals surface area contributed by atoms with Gasteiger partial charge in [-0.15, -0.1) is 0 Å². The molecule has 1 unspecified atom stereocenters. The van der Waals surface area contributed by atoms with Crippen LogP contribution in [-0.4, -0.2) is 35.0 Å². The van der Waals surface area contributed by atoms with E-state index in [1.807, 2.05) is 49.4 Å². The number of carbonyl (C=O) groups is 1. The molecule has 0 radical (unpaired) electrons. The molecule has 5 heteroatoms. The van der Waals surface area contributed by atoms with Crippen molar-refractivity contribution in [1.82, 2.24) is 4.57 Å². The Morgan fingerprint density at radius 1 is 1.00 bits per heavy atom. The Labute approximate surface area is 177 Å². The van der Waals surface area contributed by atoms with Crippen molar-refractivity contribution in [1.29, 1.82) is 0 Å². The zero-order chi connectivity index (χ0) is 21.3. The summed E-state index contributed by atoms with van der Waals surface area (Å²) in [6, 6.07) is 22.2. The predicted molar refractivity (Wildman–Crippen MR) is 118 cm³/mol. The number of hydrogen-bond acceptors (Lipinski definition) is 3. The van der Waals surface area contributed by atoms with Crippen molar-refractivity contribution in [2.75, 3.05) is 13.2 Å². The number of ether oxygens (including phenoxy) is 2. The second kappa shape index (κ2) is 10.6. The van der Waals surface area contributed by atoms with E-state index >= 15 is 0 Å². The van der Waals surface area contributed by atoms with Crippen LogP contribution in [0.1, 0.15) is 24.6 Å². The van der Waals surface area contributed by atoms with Crippen LogP contribution in [0.3, 0.4) is 0 Å². The molecular formula is C25H29NO4. The van der Waals surface area contributed by atoms with Gasteiger partial charge in [0.05, 0.1) is 6.54 Å². The first-order chi connectivity index (χ1) is 14.6. The average molecular weight is 408 g/mol. The Morgan fingerprint density at radius 3 is 2.40 bits per heavy atom. The van der Waals surface area contributed by atoms with E-state index in [-0.39, 0.29) is 0 Å². The summed E-state index contributed by atoms with van der Waals surface area (Å²) < 4.78 is 13.6. The van der Waals surface area contributed by atoms with Crippen molar-refractivity contribution < 1.29 is 19.4 Å². The lowest BCUT2D eigenvalue weighted by atomic mass is 10.1. The van der Waals surface area contributed by atoms with Crippen molar-refractivity contribution in [2.24, 2.45) is 0 Å². The summed E-state index contributed by atoms with van der Waals surface area (Å²) in [4.78, 5) is 11.3. The maximum atomic E-state index is 11.3. The smallest absolute Gasteiger partial charge is 0.333 e. The van der Waals surface area contributed by atoms with Gasteiger partial charge in [-0.1, -0.05) is 49.4 Å². The van der Waals surface area contributed by atoms with Gasteiger partial charge in [-0.3, -0.25) is 0 Å². The molecule has 5 nitrogen and oxygen atoms in total. The summed E-state index contributed by atoms with van der Waals surface area (Å²) in [5, 5.41) is 9.30. The van der Waals surface area contributed by atoms with Crippen molar-refractivity contribution in [3.8, 4) is 17.0 Å². The van der Waals surface area contributed by atoms with Crippen LogP contribution >= 0.6 is 0 Å². The Kier molecular flexibility index (Phi) is 7.69. The minimum absolute atomic E-state index is 0.346. The standard InChI is InChI=1S/C25H29NO4/c1-3-16-30-24(25(27)28)18-20-10-12-22(13-11-20)29-17-15-26-19(2)9-14-23(26)21-7-5-4-6-8-21/h4-14,24H,3,15-18H2,1-2H3,(H,27,28). The van der Waals surface area contributed by atoms with Crippen molar-refractivity contribution in [3.63, 3.8) is 0 Å². The quantitative estimate of drug-likeness (QED) is 0.488. The fourth-order valence-electron chi connectivity index (χ4n) is 3.40. The van der Waals surface area contributed by atoms with Gasteiger partial charge in [-0.2, -0.15) is 0 Å². The van der Waals surface area contributed by atoms with Crippen LogP contribution < -0.4 is 4.74 Å². The molecule has 0 fully saturated rings. The Balaban J connectivity index is 1.56. The molecule has 2 aromatic carbocycles. The molecule has 3 aromatic rings. The number of aromatic nitrogens is 1. The molecule has 1 heterocycles. The number of nitrogens with zero attached hydrogens (tertiary/aromatic N) is 1. The normalized spacial score (nSPS) is 11.9. The third kappa shape index (κ3) is 5.74. The summed E-state index contributed by atoms with van der Waals surface area (Å²) in [5.41, 5.74) is 4.48. The number of aliphatic carboxylic acids is 1. The molecule has 0 spiro atoms. The lowest BCUT2D eigenvalue weighted by Crippen LogP contribution is -2.26. The minimum atomic E-state index is -0.930. The number of aryl methyl sites for hydroxylation is 1. The Bertz CT molecular complexity index is 932. The molecule has 0 saturated heterocycles. The molecule has 3 rings (SSSR count). The molecular weight excluding hydrogens is 378 g/mol. The second-order valence-corrected chi connectivity index (χ2v) is 7.27. The van der Waals surface area contributed by atoms with Crippen LogP contribution in [0.2, 0.25) is 0 Å². The Hall–Kier alpha value is -3.05. The first-order valence-electron chi connectivity index (χ1n) is 10.4. The Morgan fingerprint density at radius 2 is 1.73 bits per heavy atom. The highest BCUT2D eigenvalue weighted by Crippen LogP contribution is 2.22. The van der Waals surface area contributed by atoms with E-state index in [0.717, 1.165) is 24.3 Å². The van der Waals surface area contributed by atoms with E-state index in [1.165, 1.54) is 17.0 Å². The maximum Gasteiger partial charge on any atom is 0.333 e. The third-order valence-corrected chi connectivity index (χ3v) is 5.00. The highest BCUT2D eigenvalue weighted by molar-refractivity contribution is 5.72. The lowest BCUT2D eigenvalue weighted by molar-refractivity contribution is -0.150. The van der Waals surface area contributed by atoms with Gasteiger partial charge in [0.2, 0.25) is 0 Å².